The van der Waals surface area contributed by atoms with Gasteiger partial charge in [0.15, 0.2) is 0 Å². The summed E-state index contributed by atoms with van der Waals surface area (Å²) in [5.41, 5.74) is 0.478. The molecule has 31 heavy (non-hydrogen) atoms. The van der Waals surface area contributed by atoms with E-state index in [2.05, 4.69) is 27.7 Å². The van der Waals surface area contributed by atoms with Crippen molar-refractivity contribution in [1.82, 2.24) is 0 Å². The predicted molar refractivity (Wildman–Crippen MR) is 122 cm³/mol. The van der Waals surface area contributed by atoms with Crippen LogP contribution >= 0.6 is 0 Å². The van der Waals surface area contributed by atoms with Crippen molar-refractivity contribution in [3.63, 3.8) is 0 Å². The molecule has 0 heterocycles. The Hall–Kier alpha value is -0.610. The summed E-state index contributed by atoms with van der Waals surface area (Å²) >= 11 is 0. The van der Waals surface area contributed by atoms with Gasteiger partial charge in [0.2, 0.25) is 0 Å². The molecule has 4 aliphatic carbocycles. The van der Waals surface area contributed by atoms with Crippen molar-refractivity contribution in [2.24, 2.45) is 52.3 Å². The number of aliphatic hydroxyl groups is 2. The van der Waals surface area contributed by atoms with Gasteiger partial charge in [0.1, 0.15) is 0 Å². The minimum Gasteiger partial charge on any atom is -0.481 e. The van der Waals surface area contributed by atoms with Crippen LogP contribution in [0.3, 0.4) is 0 Å². The van der Waals surface area contributed by atoms with Crippen LogP contribution in [0, 0.1) is 52.3 Å². The number of fused-ring (bicyclic) bond motifs is 5. The fourth-order valence-electron chi connectivity index (χ4n) is 9.66. The van der Waals surface area contributed by atoms with Crippen molar-refractivity contribution in [3.05, 3.63) is 0 Å². The monoisotopic (exact) mass is 434 g/mol. The summed E-state index contributed by atoms with van der Waals surface area (Å²) in [7, 11) is 0. The average molecular weight is 435 g/mol. The number of carboxylic acid groups (broad SMARTS) is 1. The first-order valence-corrected chi connectivity index (χ1v) is 13.2. The second-order valence-electron chi connectivity index (χ2n) is 12.4. The maximum atomic E-state index is 11.8. The quantitative estimate of drug-likeness (QED) is 0.515. The summed E-state index contributed by atoms with van der Waals surface area (Å²) in [6.45, 7) is 9.48. The van der Waals surface area contributed by atoms with Gasteiger partial charge in [0.05, 0.1) is 12.2 Å². The fourth-order valence-corrected chi connectivity index (χ4v) is 9.66. The predicted octanol–water partition coefficient (Wildman–Crippen LogP) is 5.50. The van der Waals surface area contributed by atoms with Crippen LogP contribution in [0.25, 0.3) is 0 Å². The number of aliphatic hydroxyl groups excluding tert-OH is 2. The molecule has 0 radical (unpaired) electrons. The van der Waals surface area contributed by atoms with Crippen molar-refractivity contribution in [2.75, 3.05) is 0 Å². The maximum Gasteiger partial charge on any atom is 0.303 e. The number of rotatable bonds is 6. The van der Waals surface area contributed by atoms with E-state index in [1.54, 1.807) is 0 Å². The van der Waals surface area contributed by atoms with Gasteiger partial charge in [-0.25, -0.2) is 0 Å². The molecule has 11 atom stereocenters. The van der Waals surface area contributed by atoms with Crippen molar-refractivity contribution in [2.45, 2.75) is 111 Å². The Morgan fingerprint density at radius 1 is 1.00 bits per heavy atom. The third kappa shape index (κ3) is 3.78. The molecule has 0 aliphatic heterocycles. The summed E-state index contributed by atoms with van der Waals surface area (Å²) in [6, 6.07) is 0. The Morgan fingerprint density at radius 3 is 2.35 bits per heavy atom. The fraction of sp³-hybridized carbons (Fsp3) is 0.963. The van der Waals surface area contributed by atoms with Crippen molar-refractivity contribution >= 4 is 5.97 Å². The van der Waals surface area contributed by atoms with E-state index in [0.29, 0.717) is 41.4 Å². The van der Waals surface area contributed by atoms with Crippen molar-refractivity contribution in [3.8, 4) is 0 Å². The normalized spacial score (nSPS) is 50.3. The number of hydrogen-bond donors (Lipinski definition) is 3. The lowest BCUT2D eigenvalue weighted by Crippen LogP contribution is -2.62. The summed E-state index contributed by atoms with van der Waals surface area (Å²) in [4.78, 5) is 11.2. The van der Waals surface area contributed by atoms with E-state index < -0.39 is 5.97 Å². The highest BCUT2D eigenvalue weighted by atomic mass is 16.4. The molecule has 4 heteroatoms. The number of aliphatic carboxylic acids is 1. The van der Waals surface area contributed by atoms with Crippen LogP contribution in [0.1, 0.15) is 98.3 Å². The summed E-state index contributed by atoms with van der Waals surface area (Å²) in [5, 5.41) is 31.5. The highest BCUT2D eigenvalue weighted by Crippen LogP contribution is 2.69. The lowest BCUT2D eigenvalue weighted by atomic mass is 9.41. The van der Waals surface area contributed by atoms with Gasteiger partial charge in [-0.05, 0) is 110 Å². The third-order valence-electron chi connectivity index (χ3n) is 11.1. The minimum atomic E-state index is -0.682. The lowest BCUT2D eigenvalue weighted by molar-refractivity contribution is -0.204. The highest BCUT2D eigenvalue weighted by molar-refractivity contribution is 5.66. The van der Waals surface area contributed by atoms with Crippen LogP contribution < -0.4 is 0 Å². The lowest BCUT2D eigenvalue weighted by Gasteiger charge is -2.65. The van der Waals surface area contributed by atoms with E-state index >= 15 is 0 Å². The third-order valence-corrected chi connectivity index (χ3v) is 11.1. The molecule has 0 bridgehead atoms. The van der Waals surface area contributed by atoms with Crippen LogP contribution in [-0.4, -0.2) is 33.5 Å². The second-order valence-corrected chi connectivity index (χ2v) is 12.4. The Morgan fingerprint density at radius 2 is 1.68 bits per heavy atom. The molecular formula is C27H46O4. The number of hydrogen-bond acceptors (Lipinski definition) is 3. The van der Waals surface area contributed by atoms with Crippen LogP contribution in [0.4, 0.5) is 0 Å². The van der Waals surface area contributed by atoms with E-state index in [1.807, 2.05) is 0 Å². The van der Waals surface area contributed by atoms with Crippen LogP contribution in [-0.2, 0) is 4.79 Å². The summed E-state index contributed by atoms with van der Waals surface area (Å²) < 4.78 is 0. The van der Waals surface area contributed by atoms with Gasteiger partial charge in [0, 0.05) is 6.42 Å². The minimum absolute atomic E-state index is 0.194. The van der Waals surface area contributed by atoms with Gasteiger partial charge in [0.25, 0.3) is 0 Å². The molecule has 4 saturated carbocycles. The molecule has 4 fully saturated rings. The van der Waals surface area contributed by atoms with E-state index in [-0.39, 0.29) is 29.5 Å². The second kappa shape index (κ2) is 8.63. The topological polar surface area (TPSA) is 77.8 Å². The van der Waals surface area contributed by atoms with E-state index in [0.717, 1.165) is 38.5 Å². The molecule has 0 spiro atoms. The Balaban J connectivity index is 1.62. The smallest absolute Gasteiger partial charge is 0.303 e. The zero-order chi connectivity index (χ0) is 22.6. The van der Waals surface area contributed by atoms with E-state index in [9.17, 15) is 20.1 Å². The van der Waals surface area contributed by atoms with Crippen molar-refractivity contribution < 1.29 is 20.1 Å². The van der Waals surface area contributed by atoms with E-state index in [4.69, 9.17) is 0 Å². The molecule has 0 aromatic rings. The van der Waals surface area contributed by atoms with Crippen LogP contribution in [0.2, 0.25) is 0 Å². The van der Waals surface area contributed by atoms with Gasteiger partial charge in [-0.2, -0.15) is 0 Å². The first-order valence-electron chi connectivity index (χ1n) is 13.2. The molecule has 0 amide bonds. The molecule has 3 N–H and O–H groups in total. The SMILES string of the molecule is CCC[C@@H]1C2C[C@H](O)CC[C@]2(C)[C@H]2CC[C@]3(C)C([C@H](C)CCC(=O)O)CC[C@H]3[C@@H]2[C@@H]1O. The largest absolute Gasteiger partial charge is 0.481 e. The Bertz CT molecular complexity index is 664. The Kier molecular flexibility index (Phi) is 6.55. The standard InChI is InChI=1S/C27H46O4/c1-5-6-18-22-15-17(28)11-13-27(22,4)21-12-14-26(3)19(16(2)7-10-23(29)30)8-9-20(26)24(21)25(18)31/h16-22,24-25,28,31H,5-15H2,1-4H3,(H,29,30)/t16-,17-,18-,19?,20+,21+,22?,24+,25-,26-,27-/m1/s1. The first-order chi connectivity index (χ1) is 14.6. The highest BCUT2D eigenvalue weighted by Gasteiger charge is 2.64. The molecule has 4 nitrogen and oxygen atoms in total. The molecule has 4 aliphatic rings. The van der Waals surface area contributed by atoms with Gasteiger partial charge >= 0.3 is 5.97 Å². The molecule has 178 valence electrons. The zero-order valence-corrected chi connectivity index (χ0v) is 20.2. The first kappa shape index (κ1) is 23.5. The summed E-state index contributed by atoms with van der Waals surface area (Å²) in [6.07, 6.45) is 10.5. The molecular weight excluding hydrogens is 388 g/mol. The van der Waals surface area contributed by atoms with Crippen molar-refractivity contribution in [1.29, 1.82) is 0 Å². The molecule has 0 aromatic heterocycles. The van der Waals surface area contributed by atoms with Gasteiger partial charge in [-0.3, -0.25) is 4.79 Å². The zero-order valence-electron chi connectivity index (χ0n) is 20.2. The average Bonchev–Trinajstić information content (AvgIpc) is 3.07. The summed E-state index contributed by atoms with van der Waals surface area (Å²) in [5.74, 6) is 2.60. The molecule has 4 rings (SSSR count). The Labute approximate surface area is 189 Å². The van der Waals surface area contributed by atoms with Crippen LogP contribution in [0.5, 0.6) is 0 Å². The van der Waals surface area contributed by atoms with Gasteiger partial charge in [-0.1, -0.05) is 34.1 Å². The van der Waals surface area contributed by atoms with Gasteiger partial charge < -0.3 is 15.3 Å². The molecule has 2 unspecified atom stereocenters. The van der Waals surface area contributed by atoms with Gasteiger partial charge in [-0.15, -0.1) is 0 Å². The molecule has 0 saturated heterocycles. The number of carboxylic acids is 1. The maximum absolute atomic E-state index is 11.8. The molecule has 0 aromatic carbocycles. The van der Waals surface area contributed by atoms with Crippen LogP contribution in [0.15, 0.2) is 0 Å². The number of carbonyl (C=O) groups is 1. The van der Waals surface area contributed by atoms with E-state index in [1.165, 1.54) is 25.7 Å².